The molecule has 2 rings (SSSR count). The second-order valence-electron chi connectivity index (χ2n) is 5.07. The molecule has 1 heterocycles. The summed E-state index contributed by atoms with van der Waals surface area (Å²) < 4.78 is 5.67. The van der Waals surface area contributed by atoms with Crippen molar-refractivity contribution in [2.75, 3.05) is 51.0 Å². The van der Waals surface area contributed by atoms with Crippen molar-refractivity contribution in [3.05, 3.63) is 30.6 Å². The fourth-order valence-corrected chi connectivity index (χ4v) is 2.34. The third-order valence-corrected chi connectivity index (χ3v) is 3.42. The highest BCUT2D eigenvalue weighted by molar-refractivity contribution is 5.65. The molecule has 0 radical (unpaired) electrons. The fraction of sp³-hybridized carbons (Fsp3) is 0.529. The molecular formula is C17H31N4O+. The quantitative estimate of drug-likeness (QED) is 0.782. The van der Waals surface area contributed by atoms with Crippen molar-refractivity contribution in [2.45, 2.75) is 20.3 Å². The number of hydrogen-bond donors (Lipinski definition) is 2. The van der Waals surface area contributed by atoms with E-state index in [9.17, 15) is 0 Å². The fourth-order valence-electron chi connectivity index (χ4n) is 2.34. The topological polar surface area (TPSA) is 58.3 Å². The lowest BCUT2D eigenvalue weighted by Gasteiger charge is -2.31. The first-order valence-electron chi connectivity index (χ1n) is 8.14. The van der Waals surface area contributed by atoms with Crippen molar-refractivity contribution in [1.29, 1.82) is 0 Å². The molecule has 5 heteroatoms. The number of nitrogens with two attached hydrogens (primary N) is 2. The van der Waals surface area contributed by atoms with Crippen LogP contribution < -0.4 is 20.7 Å². The molecule has 124 valence electrons. The number of anilines is 2. The molecule has 0 aliphatic carbocycles. The Kier molecular flexibility index (Phi) is 8.22. The van der Waals surface area contributed by atoms with E-state index < -0.39 is 0 Å². The molecule has 1 aliphatic rings. The Morgan fingerprint density at radius 2 is 2.18 bits per heavy atom. The molecule has 1 aromatic rings. The SMILES string of the molecule is CC.C[NH2+]/C=C\N(C)CCCN1CCOc2cc(N)ccc21. The minimum absolute atomic E-state index is 0.733. The third-order valence-electron chi connectivity index (χ3n) is 3.42. The van der Waals surface area contributed by atoms with E-state index in [0.717, 1.165) is 49.8 Å². The predicted molar refractivity (Wildman–Crippen MR) is 94.1 cm³/mol. The smallest absolute Gasteiger partial charge is 0.144 e. The first kappa shape index (κ1) is 18.2. The first-order chi connectivity index (χ1) is 10.7. The van der Waals surface area contributed by atoms with Crippen LogP contribution in [0.3, 0.4) is 0 Å². The molecular weight excluding hydrogens is 276 g/mol. The number of nitrogens with zero attached hydrogens (tertiary/aromatic N) is 2. The van der Waals surface area contributed by atoms with Crippen LogP contribution in [-0.2, 0) is 0 Å². The van der Waals surface area contributed by atoms with E-state index in [2.05, 4.69) is 35.3 Å². The highest BCUT2D eigenvalue weighted by Crippen LogP contribution is 2.33. The number of nitrogen functional groups attached to an aromatic ring is 1. The van der Waals surface area contributed by atoms with Crippen LogP contribution in [0.2, 0.25) is 0 Å². The van der Waals surface area contributed by atoms with Gasteiger partial charge in [0, 0.05) is 31.9 Å². The Hall–Kier alpha value is -1.88. The highest BCUT2D eigenvalue weighted by Gasteiger charge is 2.17. The molecule has 0 bridgehead atoms. The molecule has 0 spiro atoms. The Bertz CT molecular complexity index is 462. The molecule has 0 saturated carbocycles. The van der Waals surface area contributed by atoms with Crippen LogP contribution >= 0.6 is 0 Å². The lowest BCUT2D eigenvalue weighted by molar-refractivity contribution is -0.557. The van der Waals surface area contributed by atoms with Gasteiger partial charge in [0.15, 0.2) is 0 Å². The summed E-state index contributed by atoms with van der Waals surface area (Å²) in [6.45, 7) is 7.76. The van der Waals surface area contributed by atoms with E-state index in [1.165, 1.54) is 0 Å². The van der Waals surface area contributed by atoms with Crippen LogP contribution in [0.5, 0.6) is 5.75 Å². The lowest BCUT2D eigenvalue weighted by atomic mass is 10.2. The van der Waals surface area contributed by atoms with Crippen molar-refractivity contribution in [1.82, 2.24) is 4.90 Å². The van der Waals surface area contributed by atoms with Crippen LogP contribution in [0.4, 0.5) is 11.4 Å². The molecule has 0 saturated heterocycles. The van der Waals surface area contributed by atoms with Crippen molar-refractivity contribution >= 4 is 11.4 Å². The van der Waals surface area contributed by atoms with E-state index >= 15 is 0 Å². The van der Waals surface area contributed by atoms with Gasteiger partial charge in [-0.3, -0.25) is 0 Å². The Morgan fingerprint density at radius 3 is 2.91 bits per heavy atom. The van der Waals surface area contributed by atoms with Gasteiger partial charge in [-0.25, -0.2) is 0 Å². The van der Waals surface area contributed by atoms with Crippen molar-refractivity contribution < 1.29 is 10.1 Å². The molecule has 0 unspecified atom stereocenters. The second-order valence-corrected chi connectivity index (χ2v) is 5.07. The summed E-state index contributed by atoms with van der Waals surface area (Å²) in [5, 5.41) is 2.04. The van der Waals surface area contributed by atoms with Crippen LogP contribution in [0.15, 0.2) is 30.6 Å². The number of benzene rings is 1. The minimum Gasteiger partial charge on any atom is -0.489 e. The summed E-state index contributed by atoms with van der Waals surface area (Å²) in [6.07, 6.45) is 5.29. The zero-order valence-corrected chi connectivity index (χ0v) is 14.4. The molecule has 5 nitrogen and oxygen atoms in total. The van der Waals surface area contributed by atoms with Crippen molar-refractivity contribution in [3.63, 3.8) is 0 Å². The maximum absolute atomic E-state index is 5.80. The first-order valence-corrected chi connectivity index (χ1v) is 8.14. The number of quaternary nitrogens is 1. The van der Waals surface area contributed by atoms with Gasteiger partial charge in [-0.15, -0.1) is 0 Å². The third kappa shape index (κ3) is 5.48. The van der Waals surface area contributed by atoms with E-state index in [4.69, 9.17) is 10.5 Å². The van der Waals surface area contributed by atoms with Crippen molar-refractivity contribution in [2.24, 2.45) is 0 Å². The van der Waals surface area contributed by atoms with Gasteiger partial charge >= 0.3 is 0 Å². The number of ether oxygens (including phenoxy) is 1. The van der Waals surface area contributed by atoms with E-state index in [-0.39, 0.29) is 0 Å². The predicted octanol–water partition coefficient (Wildman–Crippen LogP) is 1.48. The van der Waals surface area contributed by atoms with E-state index in [1.807, 2.05) is 38.3 Å². The largest absolute Gasteiger partial charge is 0.489 e. The average molecular weight is 307 g/mol. The van der Waals surface area contributed by atoms with Gasteiger partial charge < -0.3 is 25.6 Å². The molecule has 1 aliphatic heterocycles. The molecule has 0 aromatic heterocycles. The molecule has 0 amide bonds. The number of fused-ring (bicyclic) bond motifs is 1. The Balaban J connectivity index is 0.00000116. The van der Waals surface area contributed by atoms with Crippen molar-refractivity contribution in [3.8, 4) is 5.75 Å². The summed E-state index contributed by atoms with van der Waals surface area (Å²) in [6, 6.07) is 5.90. The van der Waals surface area contributed by atoms with Crippen LogP contribution in [-0.4, -0.2) is 45.2 Å². The zero-order chi connectivity index (χ0) is 16.4. The molecule has 22 heavy (non-hydrogen) atoms. The van der Waals surface area contributed by atoms with Crippen LogP contribution in [0.25, 0.3) is 0 Å². The molecule has 1 aromatic carbocycles. The van der Waals surface area contributed by atoms with E-state index in [0.29, 0.717) is 0 Å². The summed E-state index contributed by atoms with van der Waals surface area (Å²) in [7, 11) is 4.13. The number of hydrogen-bond acceptors (Lipinski definition) is 4. The zero-order valence-electron chi connectivity index (χ0n) is 14.4. The van der Waals surface area contributed by atoms with Crippen LogP contribution in [0, 0.1) is 0 Å². The second kappa shape index (κ2) is 9.95. The van der Waals surface area contributed by atoms with Gasteiger partial charge in [0.1, 0.15) is 18.6 Å². The molecule has 0 atom stereocenters. The summed E-state index contributed by atoms with van der Waals surface area (Å²) in [5.74, 6) is 0.907. The highest BCUT2D eigenvalue weighted by atomic mass is 16.5. The number of rotatable bonds is 6. The standard InChI is InChI=1S/C15H24N4O.C2H6/c1-17-6-9-18(2)7-3-8-19-10-11-20-15-12-13(16)4-5-14(15)19;1-2/h4-6,9,12,17H,3,7-8,10-11,16H2,1-2H3;1-2H3/p+1/b9-6-;. The van der Waals surface area contributed by atoms with Gasteiger partial charge in [-0.2, -0.15) is 0 Å². The summed E-state index contributed by atoms with van der Waals surface area (Å²) in [4.78, 5) is 4.59. The van der Waals surface area contributed by atoms with E-state index in [1.54, 1.807) is 0 Å². The van der Waals surface area contributed by atoms with Gasteiger partial charge in [-0.1, -0.05) is 13.8 Å². The molecule has 4 N–H and O–H groups in total. The van der Waals surface area contributed by atoms with Gasteiger partial charge in [0.2, 0.25) is 0 Å². The lowest BCUT2D eigenvalue weighted by Crippen LogP contribution is -2.72. The monoisotopic (exact) mass is 307 g/mol. The molecule has 0 fully saturated rings. The minimum atomic E-state index is 0.733. The Labute approximate surface area is 134 Å². The average Bonchev–Trinajstić information content (AvgIpc) is 2.54. The van der Waals surface area contributed by atoms with Gasteiger partial charge in [0.25, 0.3) is 0 Å². The van der Waals surface area contributed by atoms with Gasteiger partial charge in [0.05, 0.1) is 25.5 Å². The van der Waals surface area contributed by atoms with Gasteiger partial charge in [-0.05, 0) is 18.6 Å². The maximum atomic E-state index is 5.80. The van der Waals surface area contributed by atoms with Crippen LogP contribution in [0.1, 0.15) is 20.3 Å². The Morgan fingerprint density at radius 1 is 1.41 bits per heavy atom. The summed E-state index contributed by atoms with van der Waals surface area (Å²) in [5.41, 5.74) is 7.71. The normalized spacial score (nSPS) is 13.2. The summed E-state index contributed by atoms with van der Waals surface area (Å²) >= 11 is 0. The maximum Gasteiger partial charge on any atom is 0.144 e.